The second kappa shape index (κ2) is 10.6. The molecule has 1 fully saturated rings. The quantitative estimate of drug-likeness (QED) is 0.237. The average molecular weight is 573 g/mol. The summed E-state index contributed by atoms with van der Waals surface area (Å²) in [5, 5.41) is 24.5. The van der Waals surface area contributed by atoms with Crippen LogP contribution in [-0.2, 0) is 12.1 Å². The molecule has 0 atom stereocenters. The first-order valence-corrected chi connectivity index (χ1v) is 13.2. The molecule has 1 saturated carbocycles. The number of nitrogens with one attached hydrogen (secondary N) is 3. The van der Waals surface area contributed by atoms with Crippen LogP contribution in [-0.4, -0.2) is 42.2 Å². The average Bonchev–Trinajstić information content (AvgIpc) is 3.35. The SMILES string of the molecule is O=C(Nc1nn[nH]n1)c1ccc(Cn2nc(-c3ccc(Cl)c(Cl)c3)cc2C(=O)NC2(c3ccccc3)CC2)cc1. The minimum Gasteiger partial charge on any atom is -0.341 e. The Morgan fingerprint density at radius 2 is 1.70 bits per heavy atom. The highest BCUT2D eigenvalue weighted by Crippen LogP contribution is 2.45. The lowest BCUT2D eigenvalue weighted by Gasteiger charge is -2.18. The third kappa shape index (κ3) is 5.31. The van der Waals surface area contributed by atoms with Crippen molar-refractivity contribution in [2.75, 3.05) is 5.32 Å². The minimum atomic E-state index is -0.384. The molecule has 0 bridgehead atoms. The number of H-pyrrole nitrogens is 1. The number of amides is 2. The lowest BCUT2D eigenvalue weighted by molar-refractivity contribution is 0.0919. The van der Waals surface area contributed by atoms with Crippen molar-refractivity contribution in [2.24, 2.45) is 0 Å². The molecule has 40 heavy (non-hydrogen) atoms. The summed E-state index contributed by atoms with van der Waals surface area (Å²) in [5.74, 6) is -0.513. The van der Waals surface area contributed by atoms with Gasteiger partial charge < -0.3 is 5.32 Å². The predicted octanol–water partition coefficient (Wildman–Crippen LogP) is 5.09. The van der Waals surface area contributed by atoms with Gasteiger partial charge in [-0.25, -0.2) is 0 Å². The highest BCUT2D eigenvalue weighted by molar-refractivity contribution is 6.42. The largest absolute Gasteiger partial charge is 0.341 e. The van der Waals surface area contributed by atoms with E-state index in [1.165, 1.54) is 0 Å². The molecule has 0 unspecified atom stereocenters. The third-order valence-electron chi connectivity index (χ3n) is 6.78. The smallest absolute Gasteiger partial charge is 0.270 e. The number of rotatable bonds is 8. The first kappa shape index (κ1) is 25.7. The number of hydrogen-bond donors (Lipinski definition) is 3. The van der Waals surface area contributed by atoms with Crippen molar-refractivity contribution in [3.63, 3.8) is 0 Å². The minimum absolute atomic E-state index is 0.0834. The van der Waals surface area contributed by atoms with Crippen LogP contribution in [0.15, 0.2) is 78.9 Å². The fraction of sp³-hybridized carbons (Fsp3) is 0.143. The van der Waals surface area contributed by atoms with Crippen LogP contribution in [0, 0.1) is 0 Å². The van der Waals surface area contributed by atoms with E-state index in [0.29, 0.717) is 33.5 Å². The van der Waals surface area contributed by atoms with Gasteiger partial charge in [-0.1, -0.05) is 76.8 Å². The van der Waals surface area contributed by atoms with Gasteiger partial charge in [0.15, 0.2) is 0 Å². The van der Waals surface area contributed by atoms with Gasteiger partial charge in [0.2, 0.25) is 0 Å². The van der Waals surface area contributed by atoms with Gasteiger partial charge in [-0.3, -0.25) is 19.6 Å². The first-order valence-electron chi connectivity index (χ1n) is 12.5. The Morgan fingerprint density at radius 1 is 0.925 bits per heavy atom. The van der Waals surface area contributed by atoms with E-state index in [2.05, 4.69) is 31.3 Å². The monoisotopic (exact) mass is 572 g/mol. The number of carbonyl (C=O) groups excluding carboxylic acids is 2. The molecule has 3 N–H and O–H groups in total. The predicted molar refractivity (Wildman–Crippen MR) is 150 cm³/mol. The van der Waals surface area contributed by atoms with E-state index in [9.17, 15) is 9.59 Å². The van der Waals surface area contributed by atoms with Crippen LogP contribution in [0.5, 0.6) is 0 Å². The number of halogens is 2. The first-order chi connectivity index (χ1) is 19.4. The Kier molecular flexibility index (Phi) is 6.79. The molecular formula is C28H22Cl2N8O2. The van der Waals surface area contributed by atoms with Crippen LogP contribution in [0.1, 0.15) is 44.8 Å². The summed E-state index contributed by atoms with van der Waals surface area (Å²) in [6.45, 7) is 0.301. The standard InChI is InChI=1S/C28H22Cl2N8O2/c29-21-11-10-19(14-22(21)30)23-15-24(26(40)32-28(12-13-28)20-4-2-1-3-5-20)38(35-23)16-17-6-8-18(9-7-17)25(39)31-27-33-36-37-34-27/h1-11,14-15H,12-13,16H2,(H,32,40)(H2,31,33,34,36,37,39). The van der Waals surface area contributed by atoms with Crippen molar-refractivity contribution in [3.8, 4) is 11.3 Å². The fourth-order valence-corrected chi connectivity index (χ4v) is 4.79. The van der Waals surface area contributed by atoms with E-state index in [4.69, 9.17) is 28.3 Å². The Morgan fingerprint density at radius 3 is 2.38 bits per heavy atom. The Bertz CT molecular complexity index is 1680. The Balaban J connectivity index is 1.28. The van der Waals surface area contributed by atoms with Crippen LogP contribution in [0.2, 0.25) is 10.0 Å². The number of hydrogen-bond acceptors (Lipinski definition) is 6. The summed E-state index contributed by atoms with van der Waals surface area (Å²) in [7, 11) is 0. The number of tetrazole rings is 1. The van der Waals surface area contributed by atoms with Gasteiger partial charge in [0, 0.05) is 11.1 Å². The van der Waals surface area contributed by atoms with Gasteiger partial charge in [-0.15, -0.1) is 5.10 Å². The van der Waals surface area contributed by atoms with E-state index in [-0.39, 0.29) is 23.3 Å². The maximum atomic E-state index is 13.7. The number of anilines is 1. The van der Waals surface area contributed by atoms with Gasteiger partial charge in [0.05, 0.1) is 27.8 Å². The molecule has 1 aliphatic rings. The topological polar surface area (TPSA) is 130 Å². The maximum Gasteiger partial charge on any atom is 0.270 e. The number of benzene rings is 3. The summed E-state index contributed by atoms with van der Waals surface area (Å²) >= 11 is 12.4. The third-order valence-corrected chi connectivity index (χ3v) is 7.52. The second-order valence-electron chi connectivity index (χ2n) is 9.49. The lowest BCUT2D eigenvalue weighted by atomic mass is 10.0. The summed E-state index contributed by atoms with van der Waals surface area (Å²) in [5.41, 5.74) is 3.69. The van der Waals surface area contributed by atoms with Crippen LogP contribution < -0.4 is 10.6 Å². The fourth-order valence-electron chi connectivity index (χ4n) is 4.49. The molecule has 2 heterocycles. The van der Waals surface area contributed by atoms with Gasteiger partial charge >= 0.3 is 0 Å². The van der Waals surface area contributed by atoms with Crippen molar-refractivity contribution in [1.29, 1.82) is 0 Å². The molecule has 0 spiro atoms. The molecule has 6 rings (SSSR count). The molecule has 200 valence electrons. The van der Waals surface area contributed by atoms with Crippen molar-refractivity contribution in [1.82, 2.24) is 35.7 Å². The van der Waals surface area contributed by atoms with Crippen LogP contribution >= 0.6 is 23.2 Å². The molecule has 1 aliphatic carbocycles. The molecule has 5 aromatic rings. The molecule has 2 aromatic heterocycles. The van der Waals surface area contributed by atoms with E-state index >= 15 is 0 Å². The molecule has 0 saturated heterocycles. The van der Waals surface area contributed by atoms with Crippen LogP contribution in [0.25, 0.3) is 11.3 Å². The van der Waals surface area contributed by atoms with E-state index in [1.807, 2.05) is 36.4 Å². The van der Waals surface area contributed by atoms with E-state index in [0.717, 1.165) is 29.5 Å². The summed E-state index contributed by atoms with van der Waals surface area (Å²) in [6, 6.07) is 23.9. The zero-order valence-electron chi connectivity index (χ0n) is 20.9. The van der Waals surface area contributed by atoms with E-state index in [1.54, 1.807) is 47.1 Å². The highest BCUT2D eigenvalue weighted by atomic mass is 35.5. The van der Waals surface area contributed by atoms with Crippen LogP contribution in [0.3, 0.4) is 0 Å². The van der Waals surface area contributed by atoms with E-state index < -0.39 is 0 Å². The van der Waals surface area contributed by atoms with Gasteiger partial charge in [0.1, 0.15) is 5.69 Å². The van der Waals surface area contributed by atoms with Crippen molar-refractivity contribution in [3.05, 3.63) is 111 Å². The number of nitrogens with zero attached hydrogens (tertiary/aromatic N) is 5. The number of aromatic nitrogens is 6. The van der Waals surface area contributed by atoms with Crippen molar-refractivity contribution < 1.29 is 9.59 Å². The zero-order chi connectivity index (χ0) is 27.7. The van der Waals surface area contributed by atoms with Gasteiger partial charge in [-0.05, 0) is 59.5 Å². The molecule has 10 nitrogen and oxygen atoms in total. The molecular weight excluding hydrogens is 551 g/mol. The molecule has 12 heteroatoms. The van der Waals surface area contributed by atoms with Gasteiger partial charge in [0.25, 0.3) is 17.8 Å². The van der Waals surface area contributed by atoms with Gasteiger partial charge in [-0.2, -0.15) is 10.3 Å². The second-order valence-corrected chi connectivity index (χ2v) is 10.3. The molecule has 0 aliphatic heterocycles. The summed E-state index contributed by atoms with van der Waals surface area (Å²) in [6.07, 6.45) is 1.73. The Hall–Kier alpha value is -4.54. The number of carbonyl (C=O) groups is 2. The Labute approximate surface area is 238 Å². The maximum absolute atomic E-state index is 13.7. The van der Waals surface area contributed by atoms with Crippen LogP contribution in [0.4, 0.5) is 5.95 Å². The summed E-state index contributed by atoms with van der Waals surface area (Å²) < 4.78 is 1.66. The summed E-state index contributed by atoms with van der Waals surface area (Å²) in [4.78, 5) is 26.1. The molecule has 2 amide bonds. The van der Waals surface area contributed by atoms with Crippen molar-refractivity contribution >= 4 is 41.0 Å². The normalized spacial score (nSPS) is 13.6. The zero-order valence-corrected chi connectivity index (χ0v) is 22.4. The highest BCUT2D eigenvalue weighted by Gasteiger charge is 2.46. The molecule has 3 aromatic carbocycles. The lowest BCUT2D eigenvalue weighted by Crippen LogP contribution is -2.36. The molecule has 0 radical (unpaired) electrons. The number of aromatic amines is 1. The van der Waals surface area contributed by atoms with Crippen molar-refractivity contribution in [2.45, 2.75) is 24.9 Å².